The molecule has 106 valence electrons. The third-order valence-corrected chi connectivity index (χ3v) is 3.23. The molecule has 1 unspecified atom stereocenters. The van der Waals surface area contributed by atoms with Gasteiger partial charge in [-0.2, -0.15) is 0 Å². The van der Waals surface area contributed by atoms with Crippen molar-refractivity contribution in [3.63, 3.8) is 0 Å². The molecule has 1 amide bonds. The summed E-state index contributed by atoms with van der Waals surface area (Å²) in [6.07, 6.45) is 0.416. The molecular formula is C14H15NO5. The van der Waals surface area contributed by atoms with Crippen molar-refractivity contribution in [2.24, 2.45) is 5.73 Å². The molecule has 0 saturated carbocycles. The average Bonchev–Trinajstić information content (AvgIpc) is 2.47. The summed E-state index contributed by atoms with van der Waals surface area (Å²) in [5, 5.41) is 0. The molecule has 0 aromatic heterocycles. The summed E-state index contributed by atoms with van der Waals surface area (Å²) < 4.78 is 21.9. The van der Waals surface area contributed by atoms with Crippen molar-refractivity contribution in [1.29, 1.82) is 0 Å². The van der Waals surface area contributed by atoms with Crippen LogP contribution >= 0.6 is 0 Å². The Bertz CT molecular complexity index is 504. The van der Waals surface area contributed by atoms with E-state index in [9.17, 15) is 4.79 Å². The number of rotatable bonds is 2. The van der Waals surface area contributed by atoms with Crippen LogP contribution in [0.2, 0.25) is 0 Å². The Morgan fingerprint density at radius 3 is 2.85 bits per heavy atom. The van der Waals surface area contributed by atoms with Gasteiger partial charge < -0.3 is 24.7 Å². The smallest absolute Gasteiger partial charge is 0.405 e. The highest BCUT2D eigenvalue weighted by Gasteiger charge is 2.41. The molecule has 1 saturated heterocycles. The highest BCUT2D eigenvalue weighted by Crippen LogP contribution is 2.32. The first-order valence-electron chi connectivity index (χ1n) is 6.34. The summed E-state index contributed by atoms with van der Waals surface area (Å²) in [6, 6.07) is 9.55. The standard InChI is InChI=1S/C14H15NO5/c15-14(16)19-10-6-7-17-11-8-18-13(20-12(10)11)9-4-2-1-3-5-9/h1-7,10-13H,8H2,(H2,15,16)/t10-,11+,12-,13?/m0/s1. The highest BCUT2D eigenvalue weighted by atomic mass is 16.7. The molecule has 2 N–H and O–H groups in total. The second-order valence-corrected chi connectivity index (χ2v) is 4.58. The minimum Gasteiger partial charge on any atom is -0.493 e. The van der Waals surface area contributed by atoms with E-state index in [4.69, 9.17) is 24.7 Å². The van der Waals surface area contributed by atoms with Crippen LogP contribution in [0.15, 0.2) is 42.7 Å². The lowest BCUT2D eigenvalue weighted by Gasteiger charge is -2.40. The number of nitrogens with two attached hydrogens (primary N) is 1. The van der Waals surface area contributed by atoms with Gasteiger partial charge in [-0.3, -0.25) is 0 Å². The monoisotopic (exact) mass is 277 g/mol. The van der Waals surface area contributed by atoms with Crippen molar-refractivity contribution < 1.29 is 23.7 Å². The van der Waals surface area contributed by atoms with Gasteiger partial charge >= 0.3 is 6.09 Å². The van der Waals surface area contributed by atoms with Crippen molar-refractivity contribution >= 4 is 6.09 Å². The SMILES string of the molecule is NC(=O)O[C@H]1C=CO[C@@H]2COC(c3ccccc3)O[C@@H]12. The molecule has 0 spiro atoms. The molecule has 0 radical (unpaired) electrons. The fourth-order valence-electron chi connectivity index (χ4n) is 2.31. The van der Waals surface area contributed by atoms with Crippen LogP contribution in [0.3, 0.4) is 0 Å². The van der Waals surface area contributed by atoms with Gasteiger partial charge in [-0.05, 0) is 6.08 Å². The van der Waals surface area contributed by atoms with E-state index in [0.717, 1.165) is 5.56 Å². The molecule has 0 aliphatic carbocycles. The first-order chi connectivity index (χ1) is 9.74. The van der Waals surface area contributed by atoms with E-state index in [-0.39, 0.29) is 6.10 Å². The molecule has 2 aliphatic rings. The van der Waals surface area contributed by atoms with Crippen LogP contribution in [0.5, 0.6) is 0 Å². The largest absolute Gasteiger partial charge is 0.493 e. The van der Waals surface area contributed by atoms with E-state index in [0.29, 0.717) is 6.61 Å². The summed E-state index contributed by atoms with van der Waals surface area (Å²) in [5.41, 5.74) is 5.97. The van der Waals surface area contributed by atoms with Crippen molar-refractivity contribution in [3.8, 4) is 0 Å². The maximum Gasteiger partial charge on any atom is 0.405 e. The maximum absolute atomic E-state index is 10.9. The van der Waals surface area contributed by atoms with Gasteiger partial charge in [-0.25, -0.2) is 4.79 Å². The number of fused-ring (bicyclic) bond motifs is 1. The topological polar surface area (TPSA) is 80.0 Å². The predicted octanol–water partition coefficient (Wildman–Crippen LogP) is 1.48. The highest BCUT2D eigenvalue weighted by molar-refractivity contribution is 5.65. The fraction of sp³-hybridized carbons (Fsp3) is 0.357. The third kappa shape index (κ3) is 2.61. The van der Waals surface area contributed by atoms with Gasteiger partial charge in [0.2, 0.25) is 0 Å². The molecule has 2 aliphatic heterocycles. The van der Waals surface area contributed by atoms with Crippen LogP contribution in [0.25, 0.3) is 0 Å². The van der Waals surface area contributed by atoms with E-state index in [1.54, 1.807) is 6.08 Å². The van der Waals surface area contributed by atoms with Gasteiger partial charge in [0, 0.05) is 5.56 Å². The van der Waals surface area contributed by atoms with Gasteiger partial charge in [-0.15, -0.1) is 0 Å². The number of benzene rings is 1. The van der Waals surface area contributed by atoms with Gasteiger partial charge in [0.15, 0.2) is 18.5 Å². The first-order valence-corrected chi connectivity index (χ1v) is 6.34. The maximum atomic E-state index is 10.9. The van der Waals surface area contributed by atoms with Crippen LogP contribution in [0, 0.1) is 0 Å². The number of hydrogen-bond donors (Lipinski definition) is 1. The second-order valence-electron chi connectivity index (χ2n) is 4.58. The molecule has 3 rings (SSSR count). The lowest BCUT2D eigenvalue weighted by molar-refractivity contribution is -0.275. The Kier molecular flexibility index (Phi) is 3.58. The lowest BCUT2D eigenvalue weighted by Crippen LogP contribution is -2.51. The lowest BCUT2D eigenvalue weighted by atomic mass is 10.0. The molecule has 0 bridgehead atoms. The fourth-order valence-corrected chi connectivity index (χ4v) is 2.31. The van der Waals surface area contributed by atoms with Gasteiger partial charge in [-0.1, -0.05) is 30.3 Å². The molecule has 2 heterocycles. The first kappa shape index (κ1) is 13.0. The van der Waals surface area contributed by atoms with Gasteiger partial charge in [0.1, 0.15) is 6.10 Å². The van der Waals surface area contributed by atoms with Crippen LogP contribution in [0.4, 0.5) is 4.79 Å². The normalized spacial score (nSPS) is 32.0. The predicted molar refractivity (Wildman–Crippen MR) is 68.5 cm³/mol. The Labute approximate surface area is 116 Å². The third-order valence-electron chi connectivity index (χ3n) is 3.23. The Morgan fingerprint density at radius 1 is 1.30 bits per heavy atom. The minimum absolute atomic E-state index is 0.315. The minimum atomic E-state index is -0.841. The van der Waals surface area contributed by atoms with E-state index in [2.05, 4.69) is 0 Å². The molecule has 1 aromatic carbocycles. The Morgan fingerprint density at radius 2 is 2.10 bits per heavy atom. The van der Waals surface area contributed by atoms with E-state index >= 15 is 0 Å². The van der Waals surface area contributed by atoms with Crippen LogP contribution in [0.1, 0.15) is 11.9 Å². The van der Waals surface area contributed by atoms with E-state index < -0.39 is 24.6 Å². The van der Waals surface area contributed by atoms with Crippen LogP contribution < -0.4 is 5.73 Å². The van der Waals surface area contributed by atoms with Crippen LogP contribution in [-0.4, -0.2) is 31.0 Å². The number of primary amides is 1. The molecule has 1 aromatic rings. The van der Waals surface area contributed by atoms with Gasteiger partial charge in [0.25, 0.3) is 0 Å². The number of hydrogen-bond acceptors (Lipinski definition) is 5. The summed E-state index contributed by atoms with van der Waals surface area (Å²) >= 11 is 0. The molecule has 6 heteroatoms. The number of carbonyl (C=O) groups excluding carboxylic acids is 1. The van der Waals surface area contributed by atoms with Crippen LogP contribution in [-0.2, 0) is 18.9 Å². The number of carbonyl (C=O) groups is 1. The molecular weight excluding hydrogens is 262 g/mol. The Hall–Kier alpha value is -2.05. The molecule has 6 nitrogen and oxygen atoms in total. The van der Waals surface area contributed by atoms with Crippen molar-refractivity contribution in [1.82, 2.24) is 0 Å². The molecule has 4 atom stereocenters. The second kappa shape index (κ2) is 5.52. The zero-order chi connectivity index (χ0) is 13.9. The molecule has 1 fully saturated rings. The zero-order valence-corrected chi connectivity index (χ0v) is 10.7. The summed E-state index contributed by atoms with van der Waals surface area (Å²) in [4.78, 5) is 10.9. The zero-order valence-electron chi connectivity index (χ0n) is 10.7. The summed E-state index contributed by atoms with van der Waals surface area (Å²) in [5.74, 6) is 0. The number of ether oxygens (including phenoxy) is 4. The molecule has 20 heavy (non-hydrogen) atoms. The van der Waals surface area contributed by atoms with Crippen molar-refractivity contribution in [2.45, 2.75) is 24.6 Å². The van der Waals surface area contributed by atoms with E-state index in [1.807, 2.05) is 30.3 Å². The van der Waals surface area contributed by atoms with E-state index in [1.165, 1.54) is 6.26 Å². The summed E-state index contributed by atoms with van der Waals surface area (Å²) in [7, 11) is 0. The van der Waals surface area contributed by atoms with Gasteiger partial charge in [0.05, 0.1) is 12.9 Å². The van der Waals surface area contributed by atoms with Crippen molar-refractivity contribution in [3.05, 3.63) is 48.2 Å². The van der Waals surface area contributed by atoms with Crippen molar-refractivity contribution in [2.75, 3.05) is 6.61 Å². The average molecular weight is 277 g/mol. The Balaban J connectivity index is 1.76. The quantitative estimate of drug-likeness (QED) is 0.885. The summed E-state index contributed by atoms with van der Waals surface area (Å²) in [6.45, 7) is 0.354. The number of amides is 1.